The molecule has 0 bridgehead atoms. The Kier molecular flexibility index (Phi) is 5.85. The second-order valence-electron chi connectivity index (χ2n) is 7.11. The van der Waals surface area contributed by atoms with Crippen LogP contribution in [0.3, 0.4) is 0 Å². The first kappa shape index (κ1) is 17.4. The van der Waals surface area contributed by atoms with E-state index >= 15 is 0 Å². The highest BCUT2D eigenvalue weighted by molar-refractivity contribution is 5.78. The lowest BCUT2D eigenvalue weighted by Crippen LogP contribution is -2.42. The Morgan fingerprint density at radius 2 is 2.12 bits per heavy atom. The van der Waals surface area contributed by atoms with E-state index < -0.39 is 0 Å². The summed E-state index contributed by atoms with van der Waals surface area (Å²) in [5.41, 5.74) is 1.44. The van der Waals surface area contributed by atoms with Gasteiger partial charge in [0.15, 0.2) is 0 Å². The average Bonchev–Trinajstić information content (AvgIpc) is 3.09. The van der Waals surface area contributed by atoms with Crippen LogP contribution in [0.4, 0.5) is 4.39 Å². The van der Waals surface area contributed by atoms with Gasteiger partial charge in [0.25, 0.3) is 0 Å². The number of amides is 1. The van der Waals surface area contributed by atoms with Gasteiger partial charge in [-0.25, -0.2) is 4.39 Å². The van der Waals surface area contributed by atoms with Gasteiger partial charge in [0.05, 0.1) is 6.61 Å². The van der Waals surface area contributed by atoms with Gasteiger partial charge in [-0.1, -0.05) is 12.1 Å². The number of nitrogens with zero attached hydrogens (tertiary/aromatic N) is 1. The Hall–Kier alpha value is -1.46. The summed E-state index contributed by atoms with van der Waals surface area (Å²) in [6.45, 7) is 6.97. The van der Waals surface area contributed by atoms with Crippen molar-refractivity contribution in [3.05, 3.63) is 35.1 Å². The number of hydrogen-bond acceptors (Lipinski definition) is 3. The fourth-order valence-corrected chi connectivity index (χ4v) is 3.55. The number of aryl methyl sites for hydroxylation is 1. The monoisotopic (exact) mass is 334 g/mol. The van der Waals surface area contributed by atoms with Crippen molar-refractivity contribution in [3.8, 4) is 0 Å². The molecule has 2 fully saturated rings. The van der Waals surface area contributed by atoms with Gasteiger partial charge >= 0.3 is 0 Å². The predicted molar refractivity (Wildman–Crippen MR) is 91.1 cm³/mol. The summed E-state index contributed by atoms with van der Waals surface area (Å²) in [7, 11) is 0. The molecule has 0 aromatic heterocycles. The molecular formula is C19H27FN2O2. The Bertz CT molecular complexity index is 564. The van der Waals surface area contributed by atoms with Crippen molar-refractivity contribution < 1.29 is 13.9 Å². The Balaban J connectivity index is 1.40. The number of piperidine rings is 1. The zero-order valence-electron chi connectivity index (χ0n) is 14.4. The lowest BCUT2D eigenvalue weighted by molar-refractivity contribution is -0.126. The minimum atomic E-state index is -0.217. The molecule has 0 unspecified atom stereocenters. The number of likely N-dealkylation sites (tertiary alicyclic amines) is 1. The van der Waals surface area contributed by atoms with Gasteiger partial charge in [0, 0.05) is 25.6 Å². The highest BCUT2D eigenvalue weighted by atomic mass is 19.1. The number of carbonyl (C=O) groups is 1. The number of hydrogen-bond donors (Lipinski definition) is 1. The summed E-state index contributed by atoms with van der Waals surface area (Å²) < 4.78 is 19.0. The third-order valence-electron chi connectivity index (χ3n) is 5.20. The van der Waals surface area contributed by atoms with E-state index in [0.29, 0.717) is 18.0 Å². The van der Waals surface area contributed by atoms with Crippen LogP contribution in [0.15, 0.2) is 18.2 Å². The fourth-order valence-electron chi connectivity index (χ4n) is 3.55. The van der Waals surface area contributed by atoms with E-state index in [1.54, 1.807) is 13.0 Å². The molecule has 2 saturated heterocycles. The van der Waals surface area contributed by atoms with Crippen LogP contribution < -0.4 is 5.32 Å². The maximum atomic E-state index is 13.5. The number of carbonyl (C=O) groups excluding carboxylic acids is 1. The second-order valence-corrected chi connectivity index (χ2v) is 7.11. The fraction of sp³-hybridized carbons (Fsp3) is 0.632. The van der Waals surface area contributed by atoms with Crippen molar-refractivity contribution in [2.75, 3.05) is 32.8 Å². The van der Waals surface area contributed by atoms with Crippen LogP contribution in [-0.4, -0.2) is 43.7 Å². The van der Waals surface area contributed by atoms with Gasteiger partial charge in [-0.2, -0.15) is 0 Å². The maximum absolute atomic E-state index is 13.5. The Labute approximate surface area is 143 Å². The second kappa shape index (κ2) is 8.08. The van der Waals surface area contributed by atoms with Gasteiger partial charge in [0.1, 0.15) is 5.82 Å². The van der Waals surface area contributed by atoms with Gasteiger partial charge in [-0.3, -0.25) is 4.79 Å². The van der Waals surface area contributed by atoms with Gasteiger partial charge in [-0.15, -0.1) is 0 Å². The summed E-state index contributed by atoms with van der Waals surface area (Å²) in [4.78, 5) is 14.8. The van der Waals surface area contributed by atoms with Crippen molar-refractivity contribution in [1.29, 1.82) is 0 Å². The van der Waals surface area contributed by atoms with Crippen molar-refractivity contribution >= 4 is 5.91 Å². The van der Waals surface area contributed by atoms with E-state index in [2.05, 4.69) is 10.2 Å². The summed E-state index contributed by atoms with van der Waals surface area (Å²) in [5, 5.41) is 2.96. The number of halogens is 1. The van der Waals surface area contributed by atoms with Gasteiger partial charge in [-0.05, 0) is 62.4 Å². The summed E-state index contributed by atoms with van der Waals surface area (Å²) in [5.74, 6) is 0.619. The molecule has 1 amide bonds. The normalized spacial score (nSPS) is 22.7. The average molecular weight is 334 g/mol. The molecule has 24 heavy (non-hydrogen) atoms. The minimum Gasteiger partial charge on any atom is -0.381 e. The number of ether oxygens (including phenoxy) is 1. The molecule has 0 aliphatic carbocycles. The molecular weight excluding hydrogens is 307 g/mol. The van der Waals surface area contributed by atoms with Crippen LogP contribution >= 0.6 is 0 Å². The molecule has 0 spiro atoms. The van der Waals surface area contributed by atoms with Crippen molar-refractivity contribution in [2.45, 2.75) is 32.7 Å². The lowest BCUT2D eigenvalue weighted by Gasteiger charge is -2.32. The van der Waals surface area contributed by atoms with Crippen molar-refractivity contribution in [2.24, 2.45) is 11.8 Å². The molecule has 2 aliphatic rings. The summed E-state index contributed by atoms with van der Waals surface area (Å²) in [6, 6.07) is 5.12. The number of benzene rings is 1. The SMILES string of the molecule is Cc1ccc(CNC(=O)C2CCN(C[C@H]3CCOC3)CC2)cc1F. The zero-order chi connectivity index (χ0) is 16.9. The maximum Gasteiger partial charge on any atom is 0.223 e. The van der Waals surface area contributed by atoms with Crippen LogP contribution in [0.1, 0.15) is 30.4 Å². The highest BCUT2D eigenvalue weighted by Crippen LogP contribution is 2.21. The van der Waals surface area contributed by atoms with E-state index in [4.69, 9.17) is 4.74 Å². The standard InChI is InChI=1S/C19H27FN2O2/c1-14-2-3-15(10-18(14)20)11-21-19(23)17-4-7-22(8-5-17)12-16-6-9-24-13-16/h2-3,10,16-17H,4-9,11-13H2,1H3,(H,21,23)/t16-/m1/s1. The molecule has 0 radical (unpaired) electrons. The first-order valence-electron chi connectivity index (χ1n) is 8.94. The smallest absolute Gasteiger partial charge is 0.223 e. The van der Waals surface area contributed by atoms with Crippen LogP contribution in [0.2, 0.25) is 0 Å². The topological polar surface area (TPSA) is 41.6 Å². The van der Waals surface area contributed by atoms with Crippen LogP contribution in [0.5, 0.6) is 0 Å². The first-order valence-corrected chi connectivity index (χ1v) is 8.94. The van der Waals surface area contributed by atoms with E-state index in [1.807, 2.05) is 6.07 Å². The molecule has 1 atom stereocenters. The van der Waals surface area contributed by atoms with E-state index in [9.17, 15) is 9.18 Å². The van der Waals surface area contributed by atoms with Crippen LogP contribution in [0.25, 0.3) is 0 Å². The molecule has 1 aromatic rings. The van der Waals surface area contributed by atoms with E-state index in [1.165, 1.54) is 6.07 Å². The van der Waals surface area contributed by atoms with E-state index in [-0.39, 0.29) is 17.6 Å². The first-order chi connectivity index (χ1) is 11.6. The van der Waals surface area contributed by atoms with Gasteiger partial charge in [0.2, 0.25) is 5.91 Å². The summed E-state index contributed by atoms with van der Waals surface area (Å²) in [6.07, 6.45) is 2.97. The third-order valence-corrected chi connectivity index (χ3v) is 5.20. The van der Waals surface area contributed by atoms with E-state index in [0.717, 1.165) is 57.7 Å². The number of nitrogens with one attached hydrogen (secondary N) is 1. The highest BCUT2D eigenvalue weighted by Gasteiger charge is 2.27. The molecule has 1 N–H and O–H groups in total. The quantitative estimate of drug-likeness (QED) is 0.899. The minimum absolute atomic E-state index is 0.0800. The number of rotatable bonds is 5. The third kappa shape index (κ3) is 4.54. The molecule has 2 heterocycles. The Morgan fingerprint density at radius 3 is 2.79 bits per heavy atom. The Morgan fingerprint density at radius 1 is 1.33 bits per heavy atom. The zero-order valence-corrected chi connectivity index (χ0v) is 14.4. The molecule has 5 heteroatoms. The molecule has 0 saturated carbocycles. The van der Waals surface area contributed by atoms with Crippen molar-refractivity contribution in [1.82, 2.24) is 10.2 Å². The van der Waals surface area contributed by atoms with Crippen molar-refractivity contribution in [3.63, 3.8) is 0 Å². The molecule has 4 nitrogen and oxygen atoms in total. The van der Waals surface area contributed by atoms with Crippen LogP contribution in [0, 0.1) is 24.6 Å². The molecule has 3 rings (SSSR count). The lowest BCUT2D eigenvalue weighted by atomic mass is 9.95. The van der Waals surface area contributed by atoms with Crippen LogP contribution in [-0.2, 0) is 16.1 Å². The molecule has 132 valence electrons. The molecule has 2 aliphatic heterocycles. The van der Waals surface area contributed by atoms with Gasteiger partial charge < -0.3 is 15.0 Å². The largest absolute Gasteiger partial charge is 0.381 e. The molecule has 1 aromatic carbocycles. The predicted octanol–water partition coefficient (Wildman–Crippen LogP) is 2.50. The summed E-state index contributed by atoms with van der Waals surface area (Å²) >= 11 is 0.